The molecule has 1 aliphatic rings. The van der Waals surface area contributed by atoms with Crippen LogP contribution in [0.25, 0.3) is 27.7 Å². The summed E-state index contributed by atoms with van der Waals surface area (Å²) in [7, 11) is -2.23. The lowest BCUT2D eigenvalue weighted by atomic mass is 9.90. The first-order valence-corrected chi connectivity index (χ1v) is 16.2. The summed E-state index contributed by atoms with van der Waals surface area (Å²) in [4.78, 5) is 4.51. The van der Waals surface area contributed by atoms with Gasteiger partial charge in [-0.05, 0) is 62.4 Å². The number of nitrogens with zero attached hydrogens (tertiary/aromatic N) is 3. The van der Waals surface area contributed by atoms with Gasteiger partial charge in [0.25, 0.3) is 0 Å². The zero-order chi connectivity index (χ0) is 30.7. The molecule has 0 bridgehead atoms. The molecule has 4 N–H and O–H groups in total. The molecule has 4 aromatic rings. The first kappa shape index (κ1) is 30.9. The van der Waals surface area contributed by atoms with Gasteiger partial charge in [0.15, 0.2) is 0 Å². The van der Waals surface area contributed by atoms with Gasteiger partial charge in [0.2, 0.25) is 10.0 Å². The Labute approximate surface area is 256 Å². The molecule has 0 amide bonds. The van der Waals surface area contributed by atoms with Crippen LogP contribution in [0.4, 0.5) is 15.9 Å². The van der Waals surface area contributed by atoms with Crippen molar-refractivity contribution in [3.05, 3.63) is 76.7 Å². The maximum atomic E-state index is 15.4. The Bertz CT molecular complexity index is 1770. The Balaban J connectivity index is 1.47. The van der Waals surface area contributed by atoms with Crippen LogP contribution >= 0.6 is 11.6 Å². The molecule has 43 heavy (non-hydrogen) atoms. The van der Waals surface area contributed by atoms with Gasteiger partial charge in [-0.1, -0.05) is 41.9 Å². The van der Waals surface area contributed by atoms with Gasteiger partial charge >= 0.3 is 0 Å². The first-order chi connectivity index (χ1) is 20.6. The molecule has 0 fully saturated rings. The zero-order valence-corrected chi connectivity index (χ0v) is 26.0. The summed E-state index contributed by atoms with van der Waals surface area (Å²) in [6.07, 6.45) is 6.75. The number of anilines is 2. The van der Waals surface area contributed by atoms with E-state index in [0.29, 0.717) is 45.7 Å². The van der Waals surface area contributed by atoms with Crippen molar-refractivity contribution in [3.8, 4) is 11.3 Å². The van der Waals surface area contributed by atoms with Gasteiger partial charge in [-0.3, -0.25) is 9.40 Å². The minimum absolute atomic E-state index is 0.00908. The third-order valence-corrected chi connectivity index (χ3v) is 9.14. The van der Waals surface area contributed by atoms with Gasteiger partial charge in [0.05, 0.1) is 29.0 Å². The van der Waals surface area contributed by atoms with Crippen LogP contribution in [0.2, 0.25) is 5.02 Å². The predicted octanol–water partition coefficient (Wildman–Crippen LogP) is 6.17. The molecule has 2 aromatic carbocycles. The van der Waals surface area contributed by atoms with E-state index in [9.17, 15) is 8.42 Å². The van der Waals surface area contributed by atoms with Crippen molar-refractivity contribution in [2.24, 2.45) is 0 Å². The Morgan fingerprint density at radius 1 is 1.23 bits per heavy atom. The summed E-state index contributed by atoms with van der Waals surface area (Å²) >= 11 is 6.13. The third-order valence-electron chi connectivity index (χ3n) is 7.55. The van der Waals surface area contributed by atoms with Crippen LogP contribution in [-0.2, 0) is 20.5 Å². The molecule has 9 nitrogen and oxygen atoms in total. The van der Waals surface area contributed by atoms with Crippen LogP contribution in [0.15, 0.2) is 54.7 Å². The number of halogens is 2. The molecule has 2 heterocycles. The number of pyridine rings is 1. The number of ether oxygens (including phenoxy) is 1. The molecule has 0 aliphatic heterocycles. The predicted molar refractivity (Wildman–Crippen MR) is 171 cm³/mol. The number of nitrogens with two attached hydrogens (primary N) is 1. The minimum atomic E-state index is -3.93. The van der Waals surface area contributed by atoms with Gasteiger partial charge < -0.3 is 15.8 Å². The largest absolute Gasteiger partial charge is 0.383 e. The first-order valence-electron chi connectivity index (χ1n) is 14.2. The van der Waals surface area contributed by atoms with Crippen molar-refractivity contribution < 1.29 is 17.5 Å². The number of benzene rings is 2. The Morgan fingerprint density at radius 3 is 2.70 bits per heavy atom. The van der Waals surface area contributed by atoms with E-state index in [2.05, 4.69) is 21.1 Å². The van der Waals surface area contributed by atoms with E-state index >= 15 is 4.39 Å². The van der Waals surface area contributed by atoms with Gasteiger partial charge in [0.1, 0.15) is 17.3 Å². The number of fused-ring (bicyclic) bond motifs is 1. The monoisotopic (exact) mass is 626 g/mol. The van der Waals surface area contributed by atoms with Gasteiger partial charge in [-0.15, -0.1) is 0 Å². The molecule has 0 radical (unpaired) electrons. The lowest BCUT2D eigenvalue weighted by Crippen LogP contribution is -2.32. The van der Waals surface area contributed by atoms with E-state index in [1.807, 2.05) is 18.5 Å². The van der Waals surface area contributed by atoms with Crippen LogP contribution in [0.5, 0.6) is 0 Å². The summed E-state index contributed by atoms with van der Waals surface area (Å²) in [5.41, 5.74) is 10.6. The SMILES string of the molecule is COCCNC1CC=C(c2cnc(N)c3c(-c4ccc(NS(=O)(=O)Cc5ccccc5Cl)c(F)c4)nn(C(C)C)c23)CC1. The fourth-order valence-corrected chi connectivity index (χ4v) is 6.92. The number of hydrogen-bond acceptors (Lipinski definition) is 7. The second-order valence-corrected chi connectivity index (χ2v) is 13.1. The van der Waals surface area contributed by atoms with E-state index in [1.54, 1.807) is 43.6 Å². The maximum Gasteiger partial charge on any atom is 0.237 e. The molecule has 1 aliphatic carbocycles. The van der Waals surface area contributed by atoms with E-state index < -0.39 is 15.8 Å². The number of nitrogen functional groups attached to an aromatic ring is 1. The maximum absolute atomic E-state index is 15.4. The van der Waals surface area contributed by atoms with Gasteiger partial charge in [-0.25, -0.2) is 17.8 Å². The van der Waals surface area contributed by atoms with Crippen molar-refractivity contribution in [2.45, 2.75) is 50.9 Å². The third kappa shape index (κ3) is 6.85. The topological polar surface area (TPSA) is 124 Å². The molecular weight excluding hydrogens is 591 g/mol. The summed E-state index contributed by atoms with van der Waals surface area (Å²) in [6.45, 7) is 5.53. The number of hydrogen-bond donors (Lipinski definition) is 3. The number of methoxy groups -OCH3 is 1. The second kappa shape index (κ2) is 13.0. The van der Waals surface area contributed by atoms with Crippen LogP contribution in [-0.4, -0.2) is 49.5 Å². The standard InChI is InChI=1S/C31H36ClFN6O3S/c1-19(2)39-30-24(20-8-11-23(12-9-20)35-14-15-42-3)17-36-31(34)28(30)29(37-39)21-10-13-27(26(33)16-21)38-43(40,41)18-22-6-4-5-7-25(22)32/h4-8,10,13,16-17,19,23,35,38H,9,11-12,14-15,18H2,1-3H3,(H2,34,36). The highest BCUT2D eigenvalue weighted by molar-refractivity contribution is 7.91. The fourth-order valence-electron chi connectivity index (χ4n) is 5.40. The molecule has 1 unspecified atom stereocenters. The molecule has 5 rings (SSSR count). The van der Waals surface area contributed by atoms with E-state index in [4.69, 9.17) is 27.2 Å². The highest BCUT2D eigenvalue weighted by Gasteiger charge is 2.25. The average molecular weight is 627 g/mol. The highest BCUT2D eigenvalue weighted by atomic mass is 35.5. The van der Waals surface area contributed by atoms with E-state index in [0.717, 1.165) is 36.9 Å². The molecule has 2 aromatic heterocycles. The van der Waals surface area contributed by atoms with Crippen molar-refractivity contribution in [1.29, 1.82) is 0 Å². The lowest BCUT2D eigenvalue weighted by Gasteiger charge is -2.24. The van der Waals surface area contributed by atoms with Crippen LogP contribution in [0.1, 0.15) is 50.3 Å². The Hall–Kier alpha value is -3.51. The summed E-state index contributed by atoms with van der Waals surface area (Å²) in [6, 6.07) is 11.3. The molecule has 228 valence electrons. The number of sulfonamides is 1. The smallest absolute Gasteiger partial charge is 0.237 e. The number of aromatic nitrogens is 3. The summed E-state index contributed by atoms with van der Waals surface area (Å²) < 4.78 is 50.4. The van der Waals surface area contributed by atoms with Crippen molar-refractivity contribution in [1.82, 2.24) is 20.1 Å². The quantitative estimate of drug-likeness (QED) is 0.170. The second-order valence-electron chi connectivity index (χ2n) is 11.0. The molecule has 1 atom stereocenters. The number of rotatable bonds is 11. The Kier molecular flexibility index (Phi) is 9.36. The average Bonchev–Trinajstić information content (AvgIpc) is 3.38. The minimum Gasteiger partial charge on any atom is -0.383 e. The number of nitrogens with one attached hydrogen (secondary N) is 2. The lowest BCUT2D eigenvalue weighted by molar-refractivity contribution is 0.195. The molecule has 0 spiro atoms. The zero-order valence-electron chi connectivity index (χ0n) is 24.4. The summed E-state index contributed by atoms with van der Waals surface area (Å²) in [5, 5.41) is 9.36. The van der Waals surface area contributed by atoms with E-state index in [1.165, 1.54) is 17.7 Å². The van der Waals surface area contributed by atoms with E-state index in [-0.39, 0.29) is 17.5 Å². The highest BCUT2D eigenvalue weighted by Crippen LogP contribution is 2.39. The van der Waals surface area contributed by atoms with Crippen LogP contribution < -0.4 is 15.8 Å². The van der Waals surface area contributed by atoms with Crippen LogP contribution in [0, 0.1) is 5.82 Å². The summed E-state index contributed by atoms with van der Waals surface area (Å²) in [5.74, 6) is -0.833. The van der Waals surface area contributed by atoms with Gasteiger partial charge in [-0.2, -0.15) is 5.10 Å². The molecule has 0 saturated carbocycles. The van der Waals surface area contributed by atoms with Crippen molar-refractivity contribution in [2.75, 3.05) is 30.7 Å². The van der Waals surface area contributed by atoms with Gasteiger partial charge in [0, 0.05) is 48.1 Å². The van der Waals surface area contributed by atoms with Crippen molar-refractivity contribution >= 4 is 49.6 Å². The molecule has 12 heteroatoms. The van der Waals surface area contributed by atoms with Crippen LogP contribution in [0.3, 0.4) is 0 Å². The number of allylic oxidation sites excluding steroid dienone is 1. The Morgan fingerprint density at radius 2 is 2.02 bits per heavy atom. The molecule has 0 saturated heterocycles. The van der Waals surface area contributed by atoms with Crippen molar-refractivity contribution in [3.63, 3.8) is 0 Å². The molecular formula is C31H36ClFN6O3S. The normalized spacial score (nSPS) is 15.7. The fraction of sp³-hybridized carbons (Fsp3) is 0.355.